The van der Waals surface area contributed by atoms with Crippen LogP contribution < -0.4 is 16.0 Å². The number of aliphatic hydroxyl groups is 5. The van der Waals surface area contributed by atoms with Crippen LogP contribution in [0.2, 0.25) is 0 Å². The van der Waals surface area contributed by atoms with Gasteiger partial charge in [0, 0.05) is 24.0 Å². The van der Waals surface area contributed by atoms with Gasteiger partial charge in [0.25, 0.3) is 0 Å². The summed E-state index contributed by atoms with van der Waals surface area (Å²) < 4.78 is 0. The first-order chi connectivity index (χ1) is 25.5. The van der Waals surface area contributed by atoms with E-state index in [2.05, 4.69) is 52.9 Å². The number of aliphatic hydroxyl groups excluding tert-OH is 4. The number of carbonyl (C=O) groups excluding carboxylic acids is 1. The molecular formula is C44H67N3O6. The normalized spacial score (nSPS) is 32.3. The Morgan fingerprint density at radius 1 is 1.08 bits per heavy atom. The second-order valence-corrected chi connectivity index (χ2v) is 15.9. The largest absolute Gasteiger partial charge is 0.396 e. The summed E-state index contributed by atoms with van der Waals surface area (Å²) in [6.07, 6.45) is 13.9. The summed E-state index contributed by atoms with van der Waals surface area (Å²) in [6, 6.07) is 8.81. The Balaban J connectivity index is 1.61. The fourth-order valence-electron chi connectivity index (χ4n) is 9.58. The van der Waals surface area contributed by atoms with Crippen molar-refractivity contribution in [2.24, 2.45) is 23.2 Å². The van der Waals surface area contributed by atoms with Crippen molar-refractivity contribution in [1.82, 2.24) is 16.0 Å². The van der Waals surface area contributed by atoms with Crippen molar-refractivity contribution >= 4 is 6.29 Å². The van der Waals surface area contributed by atoms with Gasteiger partial charge in [0.1, 0.15) is 12.5 Å². The first kappa shape index (κ1) is 43.0. The monoisotopic (exact) mass is 734 g/mol. The lowest BCUT2D eigenvalue weighted by Gasteiger charge is -2.57. The summed E-state index contributed by atoms with van der Waals surface area (Å²) in [6.45, 7) is 9.42. The van der Waals surface area contributed by atoms with E-state index in [9.17, 15) is 30.3 Å². The lowest BCUT2D eigenvalue weighted by molar-refractivity contribution is -0.180. The molecule has 9 nitrogen and oxygen atoms in total. The minimum Gasteiger partial charge on any atom is -0.396 e. The highest BCUT2D eigenvalue weighted by molar-refractivity contribution is 5.74. The van der Waals surface area contributed by atoms with Gasteiger partial charge in [-0.1, -0.05) is 66.3 Å². The number of hydrogen-bond acceptors (Lipinski definition) is 9. The summed E-state index contributed by atoms with van der Waals surface area (Å²) in [4.78, 5) is 12.0. The van der Waals surface area contributed by atoms with Crippen molar-refractivity contribution < 1.29 is 30.3 Å². The van der Waals surface area contributed by atoms with Crippen LogP contribution in [0.3, 0.4) is 0 Å². The van der Waals surface area contributed by atoms with E-state index in [1.165, 1.54) is 11.1 Å². The molecule has 0 radical (unpaired) electrons. The maximum atomic E-state index is 12.5. The van der Waals surface area contributed by atoms with Gasteiger partial charge in [-0.25, -0.2) is 0 Å². The van der Waals surface area contributed by atoms with E-state index in [1.807, 2.05) is 46.2 Å². The van der Waals surface area contributed by atoms with E-state index in [0.717, 1.165) is 48.8 Å². The van der Waals surface area contributed by atoms with Crippen LogP contribution in [0.15, 0.2) is 83.0 Å². The average Bonchev–Trinajstić information content (AvgIpc) is 3.50. The number of rotatable bonds is 15. The quantitative estimate of drug-likeness (QED) is 0.0566. The molecule has 1 spiro atoms. The molecule has 2 saturated carbocycles. The Hall–Kier alpha value is -2.73. The molecule has 0 aromatic heterocycles. The van der Waals surface area contributed by atoms with Gasteiger partial charge in [0.05, 0.1) is 18.3 Å². The number of nitrogens with one attached hydrogen (secondary N) is 3. The molecule has 0 amide bonds. The van der Waals surface area contributed by atoms with Gasteiger partial charge < -0.3 is 36.2 Å². The van der Waals surface area contributed by atoms with Gasteiger partial charge in [0.15, 0.2) is 0 Å². The van der Waals surface area contributed by atoms with Crippen LogP contribution in [-0.2, 0) is 17.6 Å². The molecule has 8 atom stereocenters. The molecular weight excluding hydrogens is 666 g/mol. The highest BCUT2D eigenvalue weighted by atomic mass is 16.3. The van der Waals surface area contributed by atoms with E-state index in [1.54, 1.807) is 0 Å². The molecule has 1 aromatic rings. The van der Waals surface area contributed by atoms with Crippen molar-refractivity contribution in [1.29, 1.82) is 0 Å². The Morgan fingerprint density at radius 2 is 1.81 bits per heavy atom. The zero-order valence-corrected chi connectivity index (χ0v) is 32.6. The molecule has 1 aliphatic heterocycles. The summed E-state index contributed by atoms with van der Waals surface area (Å²) in [5.41, 5.74) is 4.47. The molecule has 1 aromatic carbocycles. The number of allylic oxidation sites excluding steroid dienone is 7. The number of fused-ring (bicyclic) bond motifs is 2. The molecule has 53 heavy (non-hydrogen) atoms. The maximum absolute atomic E-state index is 12.5. The smallest absolute Gasteiger partial charge is 0.145 e. The van der Waals surface area contributed by atoms with Gasteiger partial charge in [0.2, 0.25) is 0 Å². The summed E-state index contributed by atoms with van der Waals surface area (Å²) in [7, 11) is 3.79. The van der Waals surface area contributed by atoms with Crippen molar-refractivity contribution in [3.8, 4) is 0 Å². The first-order valence-corrected chi connectivity index (χ1v) is 19.8. The van der Waals surface area contributed by atoms with Crippen LogP contribution in [0, 0.1) is 23.2 Å². The van der Waals surface area contributed by atoms with Crippen LogP contribution in [0.4, 0.5) is 0 Å². The summed E-state index contributed by atoms with van der Waals surface area (Å²) >= 11 is 0. The van der Waals surface area contributed by atoms with Crippen LogP contribution in [0.1, 0.15) is 82.8 Å². The second-order valence-electron chi connectivity index (χ2n) is 15.9. The molecule has 0 unspecified atom stereocenters. The molecule has 4 rings (SSSR count). The maximum Gasteiger partial charge on any atom is 0.145 e. The third-order valence-electron chi connectivity index (χ3n) is 12.7. The van der Waals surface area contributed by atoms with Crippen molar-refractivity contribution in [2.45, 2.75) is 108 Å². The Kier molecular flexibility index (Phi) is 16.4. The lowest BCUT2D eigenvalue weighted by Crippen LogP contribution is -2.61. The molecule has 9 heteroatoms. The van der Waals surface area contributed by atoms with Crippen LogP contribution in [-0.4, -0.2) is 96.2 Å². The van der Waals surface area contributed by atoms with E-state index < -0.39 is 23.3 Å². The van der Waals surface area contributed by atoms with E-state index in [0.29, 0.717) is 69.1 Å². The van der Waals surface area contributed by atoms with E-state index >= 15 is 0 Å². The Labute approximate surface area is 318 Å². The molecule has 2 fully saturated rings. The topological polar surface area (TPSA) is 154 Å². The molecule has 1 heterocycles. The van der Waals surface area contributed by atoms with Crippen molar-refractivity contribution in [2.75, 3.05) is 40.4 Å². The van der Waals surface area contributed by atoms with E-state index in [4.69, 9.17) is 0 Å². The highest BCUT2D eigenvalue weighted by Crippen LogP contribution is 2.63. The Morgan fingerprint density at radius 3 is 2.49 bits per heavy atom. The van der Waals surface area contributed by atoms with Crippen LogP contribution in [0.25, 0.3) is 0 Å². The van der Waals surface area contributed by atoms with Gasteiger partial charge >= 0.3 is 0 Å². The zero-order valence-electron chi connectivity index (χ0n) is 32.6. The predicted molar refractivity (Wildman–Crippen MR) is 213 cm³/mol. The van der Waals surface area contributed by atoms with Gasteiger partial charge in [-0.15, -0.1) is 0 Å². The zero-order chi connectivity index (χ0) is 38.6. The first-order valence-electron chi connectivity index (χ1n) is 19.8. The summed E-state index contributed by atoms with van der Waals surface area (Å²) in [5, 5.41) is 66.2. The van der Waals surface area contributed by atoms with Gasteiger partial charge in [-0.05, 0) is 151 Å². The molecule has 2 bridgehead atoms. The molecule has 3 aliphatic rings. The SMILES string of the molecule is C=C(C=CC=C(CO)[C@H]1CC[C@]2([C@@H]1O)[C@@H](CCCO)C(=C(C)C=O)CC[C@]2(O)CCNC)[C@H]1CC=C(C)[C@@H](O)N[C@@H](CCNC)Cc2cccc(c2)C1. The summed E-state index contributed by atoms with van der Waals surface area (Å²) in [5.74, 6) is -0.570. The lowest BCUT2D eigenvalue weighted by atomic mass is 9.51. The molecule has 294 valence electrons. The number of benzene rings is 1. The van der Waals surface area contributed by atoms with Gasteiger partial charge in [-0.2, -0.15) is 0 Å². The fraction of sp³-hybridized carbons (Fsp3) is 0.614. The molecule has 8 N–H and O–H groups in total. The third kappa shape index (κ3) is 10.1. The van der Waals surface area contributed by atoms with Crippen molar-refractivity contribution in [3.05, 3.63) is 94.1 Å². The van der Waals surface area contributed by atoms with Crippen molar-refractivity contribution in [3.63, 3.8) is 0 Å². The average molecular weight is 734 g/mol. The van der Waals surface area contributed by atoms with Gasteiger partial charge in [-0.3, -0.25) is 10.1 Å². The number of hydrogen-bond donors (Lipinski definition) is 8. The number of carbonyl (C=O) groups is 1. The minimum atomic E-state index is -1.19. The standard InChI is InChI=1S/C44H67N3O6/c1-30(35-15-14-31(2)42(52)47-37(18-22-45-4)27-34-11-7-10-33(25-34)26-35)9-6-12-36(29-50)39-17-20-44(41(39)51)40(13-8-24-48)38(32(3)28-49)16-19-43(44,53)21-23-46-5/h6-7,9-12,14,25,28,35,37,39-42,45-48,50-53H,1,8,13,15-24,26-27,29H2,2-5H3/t35-,37-,39+,40-,41+,42+,43-,44+/m0/s1. The highest BCUT2D eigenvalue weighted by Gasteiger charge is 2.65. The Bertz CT molecular complexity index is 1500. The van der Waals surface area contributed by atoms with Crippen LogP contribution >= 0.6 is 0 Å². The molecule has 0 saturated heterocycles. The predicted octanol–water partition coefficient (Wildman–Crippen LogP) is 4.45. The third-order valence-corrected chi connectivity index (χ3v) is 12.7. The van der Waals surface area contributed by atoms with Crippen LogP contribution in [0.5, 0.6) is 0 Å². The molecule has 2 aliphatic carbocycles. The van der Waals surface area contributed by atoms with E-state index in [-0.39, 0.29) is 37.0 Å². The number of aldehydes is 1. The second kappa shape index (κ2) is 20.3. The minimum absolute atomic E-state index is 0.0123. The fourth-order valence-corrected chi connectivity index (χ4v) is 9.58.